The van der Waals surface area contributed by atoms with Gasteiger partial charge >= 0.3 is 0 Å². The van der Waals surface area contributed by atoms with Gasteiger partial charge in [0.05, 0.1) is 0 Å². The quantitative estimate of drug-likeness (QED) is 0.843. The molecule has 0 atom stereocenters. The highest BCUT2D eigenvalue weighted by Gasteiger charge is 2.34. The maximum atomic E-state index is 12.1. The summed E-state index contributed by atoms with van der Waals surface area (Å²) in [5, 5.41) is 3.26. The highest BCUT2D eigenvalue weighted by Crippen LogP contribution is 2.43. The predicted octanol–water partition coefficient (Wildman–Crippen LogP) is 2.65. The van der Waals surface area contributed by atoms with E-state index in [2.05, 4.69) is 24.1 Å². The topological polar surface area (TPSA) is 46.9 Å². The second-order valence-electron chi connectivity index (χ2n) is 5.34. The van der Waals surface area contributed by atoms with Gasteiger partial charge in [0.1, 0.15) is 0 Å². The maximum Gasteiger partial charge on any atom is 0.293 e. The molecule has 1 aromatic heterocycles. The molecule has 1 aliphatic carbocycles. The van der Waals surface area contributed by atoms with E-state index in [1.54, 1.807) is 17.0 Å². The van der Waals surface area contributed by atoms with Crippen molar-refractivity contribution >= 4 is 5.82 Å². The van der Waals surface area contributed by atoms with Gasteiger partial charge in [-0.05, 0) is 31.1 Å². The van der Waals surface area contributed by atoms with E-state index in [1.165, 1.54) is 25.7 Å². The van der Waals surface area contributed by atoms with Crippen molar-refractivity contribution in [2.24, 2.45) is 5.41 Å². The molecule has 1 N–H and O–H groups in total. The molecule has 4 nitrogen and oxygen atoms in total. The van der Waals surface area contributed by atoms with Gasteiger partial charge < -0.3 is 9.88 Å². The zero-order chi connectivity index (χ0) is 13.0. The van der Waals surface area contributed by atoms with Crippen LogP contribution in [0.2, 0.25) is 0 Å². The smallest absolute Gasteiger partial charge is 0.293 e. The first-order valence-corrected chi connectivity index (χ1v) is 7.00. The van der Waals surface area contributed by atoms with Crippen LogP contribution in [0.25, 0.3) is 0 Å². The van der Waals surface area contributed by atoms with Gasteiger partial charge in [0.2, 0.25) is 0 Å². The summed E-state index contributed by atoms with van der Waals surface area (Å²) >= 11 is 0. The second-order valence-corrected chi connectivity index (χ2v) is 5.34. The third-order valence-corrected chi connectivity index (χ3v) is 4.17. The Labute approximate surface area is 108 Å². The predicted molar refractivity (Wildman–Crippen MR) is 73.9 cm³/mol. The molecule has 2 rings (SSSR count). The summed E-state index contributed by atoms with van der Waals surface area (Å²) in [6.45, 7) is 5.94. The Morgan fingerprint density at radius 3 is 2.78 bits per heavy atom. The van der Waals surface area contributed by atoms with Crippen LogP contribution < -0.4 is 10.9 Å². The Bertz CT molecular complexity index is 443. The first-order chi connectivity index (χ1) is 8.71. The molecule has 1 aliphatic rings. The standard InChI is InChI=1S/C14H23N3O/c1-3-9-17-10-8-15-12(13(17)18)16-11-14(4-2)6-5-7-14/h8,10H,3-7,9,11H2,1-2H3,(H,15,16). The minimum absolute atomic E-state index is 0.00456. The summed E-state index contributed by atoms with van der Waals surface area (Å²) in [5.74, 6) is 0.505. The van der Waals surface area contributed by atoms with Crippen molar-refractivity contribution in [3.63, 3.8) is 0 Å². The summed E-state index contributed by atoms with van der Waals surface area (Å²) < 4.78 is 1.73. The minimum atomic E-state index is 0.00456. The number of hydrogen-bond acceptors (Lipinski definition) is 3. The summed E-state index contributed by atoms with van der Waals surface area (Å²) in [6, 6.07) is 0. The summed E-state index contributed by atoms with van der Waals surface area (Å²) in [7, 11) is 0. The van der Waals surface area contributed by atoms with Gasteiger partial charge in [-0.15, -0.1) is 0 Å². The number of hydrogen-bond donors (Lipinski definition) is 1. The van der Waals surface area contributed by atoms with Crippen LogP contribution in [0.4, 0.5) is 5.82 Å². The number of anilines is 1. The molecule has 0 aliphatic heterocycles. The average molecular weight is 249 g/mol. The van der Waals surface area contributed by atoms with Crippen molar-refractivity contribution in [1.29, 1.82) is 0 Å². The van der Waals surface area contributed by atoms with Crippen LogP contribution in [-0.4, -0.2) is 16.1 Å². The lowest BCUT2D eigenvalue weighted by molar-refractivity contribution is 0.145. The first kappa shape index (κ1) is 13.1. The Morgan fingerprint density at radius 1 is 1.44 bits per heavy atom. The SMILES string of the molecule is CCCn1ccnc(NCC2(CC)CCC2)c1=O. The molecular weight excluding hydrogens is 226 g/mol. The molecule has 1 heterocycles. The number of nitrogens with one attached hydrogen (secondary N) is 1. The van der Waals surface area contributed by atoms with Gasteiger partial charge in [-0.2, -0.15) is 0 Å². The lowest BCUT2D eigenvalue weighted by atomic mass is 9.67. The van der Waals surface area contributed by atoms with Gasteiger partial charge in [-0.1, -0.05) is 20.3 Å². The fourth-order valence-corrected chi connectivity index (χ4v) is 2.59. The molecule has 0 unspecified atom stereocenters. The van der Waals surface area contributed by atoms with Crippen LogP contribution in [-0.2, 0) is 6.54 Å². The van der Waals surface area contributed by atoms with E-state index in [0.29, 0.717) is 11.2 Å². The number of nitrogens with zero attached hydrogens (tertiary/aromatic N) is 2. The Hall–Kier alpha value is -1.32. The van der Waals surface area contributed by atoms with Gasteiger partial charge in [-0.3, -0.25) is 4.79 Å². The van der Waals surface area contributed by atoms with Crippen molar-refractivity contribution in [1.82, 2.24) is 9.55 Å². The molecule has 18 heavy (non-hydrogen) atoms. The Kier molecular flexibility index (Phi) is 4.04. The van der Waals surface area contributed by atoms with Gasteiger partial charge in [0.25, 0.3) is 5.56 Å². The van der Waals surface area contributed by atoms with E-state index in [0.717, 1.165) is 19.5 Å². The second kappa shape index (κ2) is 5.55. The van der Waals surface area contributed by atoms with Crippen LogP contribution in [0.15, 0.2) is 17.2 Å². The zero-order valence-electron chi connectivity index (χ0n) is 11.4. The lowest BCUT2D eigenvalue weighted by Crippen LogP contribution is -2.37. The van der Waals surface area contributed by atoms with Crippen LogP contribution in [0.1, 0.15) is 46.0 Å². The van der Waals surface area contributed by atoms with E-state index < -0.39 is 0 Å². The monoisotopic (exact) mass is 249 g/mol. The molecule has 0 amide bonds. The van der Waals surface area contributed by atoms with E-state index >= 15 is 0 Å². The molecule has 1 aromatic rings. The largest absolute Gasteiger partial charge is 0.365 e. The molecule has 1 fully saturated rings. The van der Waals surface area contributed by atoms with E-state index in [-0.39, 0.29) is 5.56 Å². The third-order valence-electron chi connectivity index (χ3n) is 4.17. The number of rotatable bonds is 6. The minimum Gasteiger partial charge on any atom is -0.365 e. The van der Waals surface area contributed by atoms with Crippen molar-refractivity contribution in [3.05, 3.63) is 22.7 Å². The number of aromatic nitrogens is 2. The van der Waals surface area contributed by atoms with Gasteiger partial charge in [0, 0.05) is 25.5 Å². The normalized spacial score (nSPS) is 17.2. The fourth-order valence-electron chi connectivity index (χ4n) is 2.59. The molecule has 4 heteroatoms. The summed E-state index contributed by atoms with van der Waals surface area (Å²) in [6.07, 6.45) is 9.46. The maximum absolute atomic E-state index is 12.1. The lowest BCUT2D eigenvalue weighted by Gasteiger charge is -2.41. The zero-order valence-corrected chi connectivity index (χ0v) is 11.4. The van der Waals surface area contributed by atoms with Crippen molar-refractivity contribution in [3.8, 4) is 0 Å². The van der Waals surface area contributed by atoms with Crippen molar-refractivity contribution in [2.45, 2.75) is 52.5 Å². The Balaban J connectivity index is 2.05. The fraction of sp³-hybridized carbons (Fsp3) is 0.714. The molecule has 1 saturated carbocycles. The first-order valence-electron chi connectivity index (χ1n) is 7.00. The molecule has 0 spiro atoms. The highest BCUT2D eigenvalue weighted by molar-refractivity contribution is 5.31. The van der Waals surface area contributed by atoms with Crippen LogP contribution in [0.3, 0.4) is 0 Å². The van der Waals surface area contributed by atoms with Crippen LogP contribution in [0.5, 0.6) is 0 Å². The molecule has 0 saturated heterocycles. The van der Waals surface area contributed by atoms with Crippen LogP contribution >= 0.6 is 0 Å². The number of aryl methyl sites for hydroxylation is 1. The molecule has 0 aromatic carbocycles. The van der Waals surface area contributed by atoms with E-state index in [9.17, 15) is 4.79 Å². The van der Waals surface area contributed by atoms with Gasteiger partial charge in [-0.25, -0.2) is 4.98 Å². The Morgan fingerprint density at radius 2 is 2.22 bits per heavy atom. The summed E-state index contributed by atoms with van der Waals surface area (Å²) in [5.41, 5.74) is 0.407. The highest BCUT2D eigenvalue weighted by atomic mass is 16.1. The molecule has 0 bridgehead atoms. The van der Waals surface area contributed by atoms with Crippen molar-refractivity contribution < 1.29 is 0 Å². The molecule has 0 radical (unpaired) electrons. The van der Waals surface area contributed by atoms with Crippen molar-refractivity contribution in [2.75, 3.05) is 11.9 Å². The molecule has 100 valence electrons. The third kappa shape index (κ3) is 2.57. The van der Waals surface area contributed by atoms with E-state index in [4.69, 9.17) is 0 Å². The molecular formula is C14H23N3O. The summed E-state index contributed by atoms with van der Waals surface area (Å²) in [4.78, 5) is 16.3. The van der Waals surface area contributed by atoms with Crippen LogP contribution in [0, 0.1) is 5.41 Å². The van der Waals surface area contributed by atoms with Gasteiger partial charge in [0.15, 0.2) is 5.82 Å². The average Bonchev–Trinajstić information content (AvgIpc) is 2.33. The van der Waals surface area contributed by atoms with E-state index in [1.807, 2.05) is 0 Å².